The van der Waals surface area contributed by atoms with Crippen molar-refractivity contribution in [3.8, 4) is 0 Å². The van der Waals surface area contributed by atoms with Crippen molar-refractivity contribution in [2.24, 2.45) is 0 Å². The second kappa shape index (κ2) is 5.95. The maximum atomic E-state index is 11.6. The molecule has 0 bridgehead atoms. The normalized spacial score (nSPS) is 10.3. The van der Waals surface area contributed by atoms with E-state index in [0.717, 1.165) is 11.3 Å². The number of amides is 1. The van der Waals surface area contributed by atoms with Crippen LogP contribution in [0.5, 0.6) is 0 Å². The maximum Gasteiger partial charge on any atom is 0.220 e. The third-order valence-corrected chi connectivity index (χ3v) is 2.50. The van der Waals surface area contributed by atoms with Crippen molar-refractivity contribution in [2.45, 2.75) is 26.3 Å². The van der Waals surface area contributed by atoms with E-state index in [9.17, 15) is 4.79 Å². The molecule has 0 spiro atoms. The van der Waals surface area contributed by atoms with Crippen molar-refractivity contribution >= 4 is 5.91 Å². The molecule has 0 aliphatic heterocycles. The van der Waals surface area contributed by atoms with Crippen LogP contribution in [0.3, 0.4) is 0 Å². The van der Waals surface area contributed by atoms with E-state index in [2.05, 4.69) is 15.5 Å². The lowest BCUT2D eigenvalue weighted by Crippen LogP contribution is -2.22. The molecule has 0 radical (unpaired) electrons. The van der Waals surface area contributed by atoms with E-state index < -0.39 is 0 Å². The molecule has 5 heteroatoms. The van der Waals surface area contributed by atoms with Gasteiger partial charge in [-0.3, -0.25) is 9.78 Å². The predicted molar refractivity (Wildman–Crippen MR) is 65.6 cm³/mol. The lowest BCUT2D eigenvalue weighted by Gasteiger charge is -2.02. The third-order valence-electron chi connectivity index (χ3n) is 2.50. The Morgan fingerprint density at radius 3 is 3.06 bits per heavy atom. The van der Waals surface area contributed by atoms with Crippen LogP contribution in [0.25, 0.3) is 0 Å². The number of nitrogens with one attached hydrogen (secondary N) is 1. The summed E-state index contributed by atoms with van der Waals surface area (Å²) in [5.74, 6) is 0.662. The average molecular weight is 245 g/mol. The van der Waals surface area contributed by atoms with Crippen LogP contribution in [0.2, 0.25) is 0 Å². The molecule has 2 heterocycles. The molecule has 18 heavy (non-hydrogen) atoms. The van der Waals surface area contributed by atoms with Gasteiger partial charge in [-0.2, -0.15) is 0 Å². The van der Waals surface area contributed by atoms with Crippen molar-refractivity contribution in [1.29, 1.82) is 0 Å². The zero-order chi connectivity index (χ0) is 12.8. The van der Waals surface area contributed by atoms with Gasteiger partial charge >= 0.3 is 0 Å². The van der Waals surface area contributed by atoms with Gasteiger partial charge in [0.2, 0.25) is 5.91 Å². The maximum absolute atomic E-state index is 11.6. The summed E-state index contributed by atoms with van der Waals surface area (Å²) in [4.78, 5) is 15.6. The highest BCUT2D eigenvalue weighted by Gasteiger charge is 2.05. The van der Waals surface area contributed by atoms with Gasteiger partial charge in [-0.25, -0.2) is 0 Å². The first-order valence-electron chi connectivity index (χ1n) is 5.82. The van der Waals surface area contributed by atoms with Gasteiger partial charge in [0.25, 0.3) is 0 Å². The minimum Gasteiger partial charge on any atom is -0.359 e. The summed E-state index contributed by atoms with van der Waals surface area (Å²) in [5, 5.41) is 6.54. The van der Waals surface area contributed by atoms with Crippen LogP contribution >= 0.6 is 0 Å². The topological polar surface area (TPSA) is 68.0 Å². The van der Waals surface area contributed by atoms with E-state index in [-0.39, 0.29) is 5.91 Å². The number of aromatic nitrogens is 2. The van der Waals surface area contributed by atoms with Gasteiger partial charge in [-0.05, 0) is 25.0 Å². The Hall–Kier alpha value is -2.17. The lowest BCUT2D eigenvalue weighted by atomic mass is 10.1. The summed E-state index contributed by atoms with van der Waals surface area (Å²) in [6, 6.07) is 5.63. The Morgan fingerprint density at radius 2 is 2.39 bits per heavy atom. The molecule has 0 fully saturated rings. The first-order valence-corrected chi connectivity index (χ1v) is 5.82. The SMILES string of the molecule is Cc1cc(CNC(=O)CCc2cccnc2)on1. The van der Waals surface area contributed by atoms with Crippen LogP contribution < -0.4 is 5.32 Å². The van der Waals surface area contributed by atoms with E-state index in [1.54, 1.807) is 18.5 Å². The number of hydrogen-bond donors (Lipinski definition) is 1. The molecular weight excluding hydrogens is 230 g/mol. The summed E-state index contributed by atoms with van der Waals surface area (Å²) in [6.07, 6.45) is 4.62. The van der Waals surface area contributed by atoms with E-state index in [0.29, 0.717) is 25.1 Å². The molecule has 0 atom stereocenters. The van der Waals surface area contributed by atoms with Gasteiger partial charge < -0.3 is 9.84 Å². The molecule has 0 saturated heterocycles. The summed E-state index contributed by atoms with van der Waals surface area (Å²) in [6.45, 7) is 2.23. The second-order valence-corrected chi connectivity index (χ2v) is 4.07. The van der Waals surface area contributed by atoms with Crippen molar-refractivity contribution in [3.63, 3.8) is 0 Å². The fourth-order valence-electron chi connectivity index (χ4n) is 1.58. The number of nitrogens with zero attached hydrogens (tertiary/aromatic N) is 2. The Labute approximate surface area is 105 Å². The molecular formula is C13H15N3O2. The standard InChI is InChI=1S/C13H15N3O2/c1-10-7-12(18-16-10)9-15-13(17)5-4-11-3-2-6-14-8-11/h2-3,6-8H,4-5,9H2,1H3,(H,15,17). The van der Waals surface area contributed by atoms with Crippen LogP contribution in [0, 0.1) is 6.92 Å². The summed E-state index contributed by atoms with van der Waals surface area (Å²) in [5.41, 5.74) is 1.87. The molecule has 2 rings (SSSR count). The average Bonchev–Trinajstić information content (AvgIpc) is 2.81. The summed E-state index contributed by atoms with van der Waals surface area (Å²) in [7, 11) is 0. The highest BCUT2D eigenvalue weighted by atomic mass is 16.5. The van der Waals surface area contributed by atoms with E-state index in [1.807, 2.05) is 19.1 Å². The van der Waals surface area contributed by atoms with Crippen molar-refractivity contribution in [2.75, 3.05) is 0 Å². The third kappa shape index (κ3) is 3.69. The van der Waals surface area contributed by atoms with Gasteiger partial charge in [-0.15, -0.1) is 0 Å². The van der Waals surface area contributed by atoms with Gasteiger partial charge in [0.05, 0.1) is 12.2 Å². The number of rotatable bonds is 5. The molecule has 1 N–H and O–H groups in total. The fourth-order valence-corrected chi connectivity index (χ4v) is 1.58. The zero-order valence-electron chi connectivity index (χ0n) is 10.2. The minimum absolute atomic E-state index is 0.00657. The van der Waals surface area contributed by atoms with Crippen LogP contribution in [-0.2, 0) is 17.8 Å². The van der Waals surface area contributed by atoms with E-state index in [4.69, 9.17) is 4.52 Å². The Bertz CT molecular complexity index is 508. The van der Waals surface area contributed by atoms with Gasteiger partial charge in [0.15, 0.2) is 5.76 Å². The first-order chi connectivity index (χ1) is 8.74. The van der Waals surface area contributed by atoms with E-state index in [1.165, 1.54) is 0 Å². The molecule has 0 aromatic carbocycles. The monoisotopic (exact) mass is 245 g/mol. The minimum atomic E-state index is -0.00657. The Kier molecular flexibility index (Phi) is 4.06. The summed E-state index contributed by atoms with van der Waals surface area (Å²) < 4.78 is 5.00. The molecule has 0 unspecified atom stereocenters. The van der Waals surface area contributed by atoms with E-state index >= 15 is 0 Å². The van der Waals surface area contributed by atoms with Crippen molar-refractivity contribution in [1.82, 2.24) is 15.5 Å². The molecule has 0 saturated carbocycles. The number of carbonyl (C=O) groups is 1. The summed E-state index contributed by atoms with van der Waals surface area (Å²) >= 11 is 0. The predicted octanol–water partition coefficient (Wildman–Crippen LogP) is 1.63. The van der Waals surface area contributed by atoms with Gasteiger partial charge in [-0.1, -0.05) is 11.2 Å². The fraction of sp³-hybridized carbons (Fsp3) is 0.308. The number of hydrogen-bond acceptors (Lipinski definition) is 4. The van der Waals surface area contributed by atoms with Crippen LogP contribution in [0.15, 0.2) is 35.1 Å². The second-order valence-electron chi connectivity index (χ2n) is 4.07. The number of carbonyl (C=O) groups excluding carboxylic acids is 1. The molecule has 94 valence electrons. The highest BCUT2D eigenvalue weighted by molar-refractivity contribution is 5.76. The molecule has 0 aliphatic carbocycles. The van der Waals surface area contributed by atoms with Crippen LogP contribution in [0.4, 0.5) is 0 Å². The highest BCUT2D eigenvalue weighted by Crippen LogP contribution is 2.03. The smallest absolute Gasteiger partial charge is 0.220 e. The first kappa shape index (κ1) is 12.3. The number of aryl methyl sites for hydroxylation is 2. The molecule has 1 amide bonds. The molecule has 5 nitrogen and oxygen atoms in total. The molecule has 0 aliphatic rings. The molecule has 2 aromatic heterocycles. The molecule has 2 aromatic rings. The lowest BCUT2D eigenvalue weighted by molar-refractivity contribution is -0.121. The largest absolute Gasteiger partial charge is 0.359 e. The quantitative estimate of drug-likeness (QED) is 0.869. The van der Waals surface area contributed by atoms with Crippen molar-refractivity contribution < 1.29 is 9.32 Å². The zero-order valence-corrected chi connectivity index (χ0v) is 10.2. The van der Waals surface area contributed by atoms with Gasteiger partial charge in [0, 0.05) is 24.9 Å². The Balaban J connectivity index is 1.73. The van der Waals surface area contributed by atoms with Crippen molar-refractivity contribution in [3.05, 3.63) is 47.6 Å². The Morgan fingerprint density at radius 1 is 1.50 bits per heavy atom. The van der Waals surface area contributed by atoms with Crippen LogP contribution in [-0.4, -0.2) is 16.0 Å². The van der Waals surface area contributed by atoms with Crippen LogP contribution in [0.1, 0.15) is 23.4 Å². The number of pyridine rings is 1. The van der Waals surface area contributed by atoms with Gasteiger partial charge in [0.1, 0.15) is 0 Å².